The number of aldehydes is 1. The molecule has 3 aromatic carbocycles. The Labute approximate surface area is 210 Å². The van der Waals surface area contributed by atoms with Crippen LogP contribution < -0.4 is 20.1 Å². The molecular weight excluding hydrogens is 471 g/mol. The smallest absolute Gasteiger partial charge is 0.156 e. The number of carbonyl (C=O) groups excluding carboxylic acids is 1. The van der Waals surface area contributed by atoms with Gasteiger partial charge in [0.2, 0.25) is 0 Å². The van der Waals surface area contributed by atoms with E-state index >= 15 is 0 Å². The molecule has 7 heteroatoms. The Kier molecular flexibility index (Phi) is 8.33. The van der Waals surface area contributed by atoms with Crippen molar-refractivity contribution in [3.05, 3.63) is 87.9 Å². The molecule has 5 nitrogen and oxygen atoms in total. The molecule has 1 aliphatic heterocycles. The molecule has 2 N–H and O–H groups in total. The largest absolute Gasteiger partial charge is 0.490 e. The normalized spacial score (nSPS) is 14.7. The molecule has 34 heavy (non-hydrogen) atoms. The van der Waals surface area contributed by atoms with Gasteiger partial charge in [-0.25, -0.2) is 0 Å². The average molecular weight is 499 g/mol. The van der Waals surface area contributed by atoms with E-state index in [4.69, 9.17) is 38.4 Å². The number of ether oxygens (including phenoxy) is 2. The average Bonchev–Trinajstić information content (AvgIpc) is 2.86. The number of anilines is 1. The Morgan fingerprint density at radius 3 is 2.38 bits per heavy atom. The monoisotopic (exact) mass is 498 g/mol. The third kappa shape index (κ3) is 5.84. The van der Waals surface area contributed by atoms with Gasteiger partial charge in [-0.05, 0) is 60.7 Å². The first kappa shape index (κ1) is 24.4. The number of para-hydroxylation sites is 2. The summed E-state index contributed by atoms with van der Waals surface area (Å²) in [6.45, 7) is 1.51. The van der Waals surface area contributed by atoms with Crippen LogP contribution in [0.15, 0.2) is 66.7 Å². The second kappa shape index (κ2) is 11.6. The first-order chi connectivity index (χ1) is 16.6. The number of hydrogen-bond donors (Lipinski definition) is 1. The SMILES string of the molecule is NC(C(C=O)Cc1ccc(OCCOc2c(Cl)cccc2Cl)cc1)N1CCCc2ccccc21. The summed E-state index contributed by atoms with van der Waals surface area (Å²) in [5.74, 6) is 0.860. The van der Waals surface area contributed by atoms with Gasteiger partial charge in [-0.3, -0.25) is 0 Å². The molecule has 2 atom stereocenters. The highest BCUT2D eigenvalue weighted by atomic mass is 35.5. The third-order valence-electron chi connectivity index (χ3n) is 6.03. The van der Waals surface area contributed by atoms with Crippen molar-refractivity contribution in [2.24, 2.45) is 11.7 Å². The molecule has 2 unspecified atom stereocenters. The van der Waals surface area contributed by atoms with E-state index in [9.17, 15) is 4.79 Å². The number of nitrogens with two attached hydrogens (primary N) is 1. The topological polar surface area (TPSA) is 64.8 Å². The van der Waals surface area contributed by atoms with Crippen LogP contribution in [0, 0.1) is 5.92 Å². The zero-order valence-electron chi connectivity index (χ0n) is 18.8. The molecule has 0 spiro atoms. The number of rotatable bonds is 10. The fourth-order valence-corrected chi connectivity index (χ4v) is 4.78. The molecule has 0 aromatic heterocycles. The van der Waals surface area contributed by atoms with E-state index in [1.165, 1.54) is 5.56 Å². The zero-order chi connectivity index (χ0) is 23.9. The molecule has 0 saturated heterocycles. The predicted octanol–water partition coefficient (Wildman–Crippen LogP) is 5.55. The van der Waals surface area contributed by atoms with E-state index in [-0.39, 0.29) is 12.1 Å². The van der Waals surface area contributed by atoms with E-state index in [0.717, 1.165) is 42.7 Å². The lowest BCUT2D eigenvalue weighted by Gasteiger charge is -2.38. The van der Waals surface area contributed by atoms with E-state index in [1.807, 2.05) is 36.4 Å². The fourth-order valence-electron chi connectivity index (χ4n) is 4.27. The Hall–Kier alpha value is -2.73. The van der Waals surface area contributed by atoms with Crippen molar-refractivity contribution in [2.75, 3.05) is 24.7 Å². The van der Waals surface area contributed by atoms with Gasteiger partial charge in [-0.15, -0.1) is 0 Å². The van der Waals surface area contributed by atoms with Gasteiger partial charge in [0.15, 0.2) is 5.75 Å². The maximum atomic E-state index is 11.9. The molecular formula is C27H28Cl2N2O3. The molecule has 1 heterocycles. The lowest BCUT2D eigenvalue weighted by atomic mass is 9.94. The van der Waals surface area contributed by atoms with Gasteiger partial charge >= 0.3 is 0 Å². The summed E-state index contributed by atoms with van der Waals surface area (Å²) in [4.78, 5) is 14.1. The standard InChI is InChI=1S/C27H28Cl2N2O3/c28-23-7-3-8-24(29)26(23)34-16-15-33-22-12-10-19(11-13-22)17-21(18-32)27(30)31-14-4-6-20-5-1-2-9-25(20)31/h1-3,5,7-13,18,21,27H,4,6,14-17,30H2. The molecule has 0 saturated carbocycles. The fraction of sp³-hybridized carbons (Fsp3) is 0.296. The van der Waals surface area contributed by atoms with Crippen LogP contribution in [-0.2, 0) is 17.6 Å². The summed E-state index contributed by atoms with van der Waals surface area (Å²) in [5.41, 5.74) is 10.0. The minimum atomic E-state index is -0.372. The maximum absolute atomic E-state index is 11.9. The van der Waals surface area contributed by atoms with Gasteiger partial charge in [0.25, 0.3) is 0 Å². The number of benzene rings is 3. The van der Waals surface area contributed by atoms with Crippen molar-refractivity contribution in [3.63, 3.8) is 0 Å². The van der Waals surface area contributed by atoms with E-state index < -0.39 is 0 Å². The number of carbonyl (C=O) groups is 1. The predicted molar refractivity (Wildman–Crippen MR) is 137 cm³/mol. The third-order valence-corrected chi connectivity index (χ3v) is 6.63. The molecule has 0 fully saturated rings. The number of fused-ring (bicyclic) bond motifs is 1. The van der Waals surface area contributed by atoms with Crippen LogP contribution in [-0.4, -0.2) is 32.2 Å². The maximum Gasteiger partial charge on any atom is 0.156 e. The highest BCUT2D eigenvalue weighted by Gasteiger charge is 2.27. The van der Waals surface area contributed by atoms with Crippen molar-refractivity contribution < 1.29 is 14.3 Å². The molecule has 3 aromatic rings. The van der Waals surface area contributed by atoms with Gasteiger partial charge < -0.3 is 24.9 Å². The van der Waals surface area contributed by atoms with Crippen LogP contribution in [0.25, 0.3) is 0 Å². The van der Waals surface area contributed by atoms with E-state index in [2.05, 4.69) is 17.0 Å². The molecule has 1 aliphatic rings. The van der Waals surface area contributed by atoms with Crippen LogP contribution in [0.2, 0.25) is 10.0 Å². The summed E-state index contributed by atoms with van der Waals surface area (Å²) < 4.78 is 11.4. The highest BCUT2D eigenvalue weighted by Crippen LogP contribution is 2.32. The van der Waals surface area contributed by atoms with Crippen LogP contribution in [0.1, 0.15) is 17.5 Å². The molecule has 178 valence electrons. The Morgan fingerprint density at radius 1 is 0.941 bits per heavy atom. The number of hydrogen-bond acceptors (Lipinski definition) is 5. The lowest BCUT2D eigenvalue weighted by molar-refractivity contribution is -0.111. The van der Waals surface area contributed by atoms with Gasteiger partial charge in [0, 0.05) is 12.2 Å². The summed E-state index contributed by atoms with van der Waals surface area (Å²) in [5, 5.41) is 0.931. The van der Waals surface area contributed by atoms with Gasteiger partial charge in [0.1, 0.15) is 25.2 Å². The van der Waals surface area contributed by atoms with Crippen LogP contribution >= 0.6 is 23.2 Å². The first-order valence-corrected chi connectivity index (χ1v) is 12.2. The Morgan fingerprint density at radius 2 is 1.65 bits per heavy atom. The van der Waals surface area contributed by atoms with Crippen LogP contribution in [0.3, 0.4) is 0 Å². The van der Waals surface area contributed by atoms with E-state index in [1.54, 1.807) is 18.2 Å². The summed E-state index contributed by atoms with van der Waals surface area (Å²) in [6, 6.07) is 21.2. The minimum absolute atomic E-state index is 0.310. The zero-order valence-corrected chi connectivity index (χ0v) is 20.3. The summed E-state index contributed by atoms with van der Waals surface area (Å²) in [7, 11) is 0. The number of nitrogens with zero attached hydrogens (tertiary/aromatic N) is 1. The second-order valence-corrected chi connectivity index (χ2v) is 9.13. The first-order valence-electron chi connectivity index (χ1n) is 11.4. The van der Waals surface area contributed by atoms with E-state index in [0.29, 0.717) is 35.4 Å². The number of aryl methyl sites for hydroxylation is 1. The summed E-state index contributed by atoms with van der Waals surface area (Å²) in [6.07, 6.45) is 3.25. The highest BCUT2D eigenvalue weighted by molar-refractivity contribution is 6.37. The quantitative estimate of drug-likeness (QED) is 0.293. The van der Waals surface area contributed by atoms with Gasteiger partial charge in [0.05, 0.1) is 22.1 Å². The van der Waals surface area contributed by atoms with Crippen molar-refractivity contribution in [1.29, 1.82) is 0 Å². The second-order valence-electron chi connectivity index (χ2n) is 8.31. The molecule has 0 radical (unpaired) electrons. The van der Waals surface area contributed by atoms with Crippen LogP contribution in [0.5, 0.6) is 11.5 Å². The Balaban J connectivity index is 1.30. The molecule has 0 amide bonds. The van der Waals surface area contributed by atoms with Gasteiger partial charge in [-0.2, -0.15) is 0 Å². The summed E-state index contributed by atoms with van der Waals surface area (Å²) >= 11 is 12.2. The van der Waals surface area contributed by atoms with Crippen molar-refractivity contribution >= 4 is 35.2 Å². The number of halogens is 2. The van der Waals surface area contributed by atoms with Crippen molar-refractivity contribution in [3.8, 4) is 11.5 Å². The molecule has 0 bridgehead atoms. The lowest BCUT2D eigenvalue weighted by Crippen LogP contribution is -2.50. The minimum Gasteiger partial charge on any atom is -0.490 e. The van der Waals surface area contributed by atoms with Gasteiger partial charge in [-0.1, -0.05) is 59.6 Å². The molecule has 0 aliphatic carbocycles. The van der Waals surface area contributed by atoms with Crippen molar-refractivity contribution in [2.45, 2.75) is 25.4 Å². The molecule has 4 rings (SSSR count). The van der Waals surface area contributed by atoms with Crippen LogP contribution in [0.4, 0.5) is 5.69 Å². The van der Waals surface area contributed by atoms with Crippen molar-refractivity contribution in [1.82, 2.24) is 0 Å². The Bertz CT molecular complexity index is 1090.